The zero-order valence-corrected chi connectivity index (χ0v) is 15.1. The van der Waals surface area contributed by atoms with Gasteiger partial charge in [0.2, 0.25) is 5.91 Å². The number of furan rings is 1. The Morgan fingerprint density at radius 2 is 2.12 bits per heavy atom. The van der Waals surface area contributed by atoms with E-state index < -0.39 is 0 Å². The van der Waals surface area contributed by atoms with E-state index in [0.717, 1.165) is 50.4 Å². The minimum atomic E-state index is 0.129. The lowest BCUT2D eigenvalue weighted by atomic mass is 9.94. The van der Waals surface area contributed by atoms with Crippen molar-refractivity contribution in [1.29, 1.82) is 0 Å². The van der Waals surface area contributed by atoms with Crippen LogP contribution in [0.2, 0.25) is 0 Å². The van der Waals surface area contributed by atoms with Gasteiger partial charge in [0.05, 0.1) is 12.8 Å². The van der Waals surface area contributed by atoms with Gasteiger partial charge in [-0.25, -0.2) is 0 Å². The molecule has 5 heteroatoms. The number of carbonyl (C=O) groups is 1. The molecule has 2 aromatic heterocycles. The van der Waals surface area contributed by atoms with Crippen molar-refractivity contribution in [2.45, 2.75) is 38.8 Å². The zero-order chi connectivity index (χ0) is 17.6. The molecule has 1 aliphatic heterocycles. The molecule has 1 atom stereocenters. The van der Waals surface area contributed by atoms with E-state index in [0.29, 0.717) is 0 Å². The van der Waals surface area contributed by atoms with Crippen molar-refractivity contribution in [2.24, 2.45) is 5.92 Å². The maximum absolute atomic E-state index is 12.8. The average Bonchev–Trinajstić information content (AvgIpc) is 3.15. The lowest BCUT2D eigenvalue weighted by Crippen LogP contribution is -2.44. The Bertz CT molecular complexity index is 649. The number of hydrogen-bond acceptors (Lipinski definition) is 4. The highest BCUT2D eigenvalue weighted by Gasteiger charge is 2.29. The molecule has 1 saturated heterocycles. The van der Waals surface area contributed by atoms with E-state index >= 15 is 0 Å². The number of likely N-dealkylation sites (N-methyl/N-ethyl adjacent to an activating group) is 1. The van der Waals surface area contributed by atoms with Gasteiger partial charge >= 0.3 is 0 Å². The van der Waals surface area contributed by atoms with Crippen LogP contribution in [-0.2, 0) is 17.8 Å². The van der Waals surface area contributed by atoms with Crippen molar-refractivity contribution < 1.29 is 9.21 Å². The fourth-order valence-corrected chi connectivity index (χ4v) is 3.42. The predicted octanol–water partition coefficient (Wildman–Crippen LogP) is 2.98. The molecule has 0 bridgehead atoms. The van der Waals surface area contributed by atoms with Crippen molar-refractivity contribution >= 4 is 5.91 Å². The average molecular weight is 341 g/mol. The van der Waals surface area contributed by atoms with Gasteiger partial charge in [0, 0.05) is 37.3 Å². The number of nitrogens with zero attached hydrogens (tertiary/aromatic N) is 3. The molecule has 1 fully saturated rings. The summed E-state index contributed by atoms with van der Waals surface area (Å²) in [5, 5.41) is 0. The summed E-state index contributed by atoms with van der Waals surface area (Å²) in [6.07, 6.45) is 6.14. The summed E-state index contributed by atoms with van der Waals surface area (Å²) in [6, 6.07) is 10.0. The second kappa shape index (κ2) is 8.30. The quantitative estimate of drug-likeness (QED) is 0.810. The highest BCUT2D eigenvalue weighted by molar-refractivity contribution is 5.79. The van der Waals surface area contributed by atoms with Crippen LogP contribution < -0.4 is 0 Å². The third kappa shape index (κ3) is 4.69. The predicted molar refractivity (Wildman–Crippen MR) is 96.9 cm³/mol. The van der Waals surface area contributed by atoms with Crippen molar-refractivity contribution in [2.75, 3.05) is 20.1 Å². The van der Waals surface area contributed by atoms with Gasteiger partial charge in [-0.15, -0.1) is 0 Å². The van der Waals surface area contributed by atoms with Gasteiger partial charge in [-0.3, -0.25) is 14.7 Å². The summed E-state index contributed by atoms with van der Waals surface area (Å²) < 4.78 is 5.41. The Hall–Kier alpha value is -2.14. The number of likely N-dealkylation sites (tertiary alicyclic amines) is 1. The van der Waals surface area contributed by atoms with E-state index in [4.69, 9.17) is 4.42 Å². The molecule has 1 aliphatic rings. The fraction of sp³-hybridized carbons (Fsp3) is 0.500. The van der Waals surface area contributed by atoms with Gasteiger partial charge in [0.1, 0.15) is 5.76 Å². The van der Waals surface area contributed by atoms with Crippen molar-refractivity contribution in [3.8, 4) is 0 Å². The molecular formula is C20H27N3O2. The molecule has 0 spiro atoms. The van der Waals surface area contributed by atoms with Crippen LogP contribution in [0.5, 0.6) is 0 Å². The minimum Gasteiger partial charge on any atom is -0.468 e. The van der Waals surface area contributed by atoms with Gasteiger partial charge < -0.3 is 9.32 Å². The molecule has 0 radical (unpaired) electrons. The standard InChI is InChI=1S/C20H27N3O2/c1-16(14-18-6-3-4-10-21-18)22(2)20(24)17-8-11-23(12-9-17)15-19-7-5-13-25-19/h3-7,10,13,16-17H,8-9,11-12,14-15H2,1-2H3/t16-/m0/s1. The highest BCUT2D eigenvalue weighted by atomic mass is 16.3. The molecular weight excluding hydrogens is 314 g/mol. The largest absolute Gasteiger partial charge is 0.468 e. The number of piperidine rings is 1. The number of hydrogen-bond donors (Lipinski definition) is 0. The topological polar surface area (TPSA) is 49.6 Å². The summed E-state index contributed by atoms with van der Waals surface area (Å²) >= 11 is 0. The first-order valence-electron chi connectivity index (χ1n) is 9.05. The van der Waals surface area contributed by atoms with Gasteiger partial charge in [0.25, 0.3) is 0 Å². The molecule has 1 amide bonds. The van der Waals surface area contributed by atoms with Gasteiger partial charge in [-0.1, -0.05) is 6.07 Å². The van der Waals surface area contributed by atoms with Crippen LogP contribution in [0.25, 0.3) is 0 Å². The molecule has 0 saturated carbocycles. The lowest BCUT2D eigenvalue weighted by Gasteiger charge is -2.34. The summed E-state index contributed by atoms with van der Waals surface area (Å²) in [6.45, 7) is 4.82. The van der Waals surface area contributed by atoms with E-state index in [1.165, 1.54) is 0 Å². The van der Waals surface area contributed by atoms with Gasteiger partial charge in [0.15, 0.2) is 0 Å². The van der Waals surface area contributed by atoms with E-state index in [1.807, 2.05) is 42.3 Å². The minimum absolute atomic E-state index is 0.129. The SMILES string of the molecule is C[C@@H](Cc1ccccn1)N(C)C(=O)C1CCN(Cc2ccco2)CC1. The summed E-state index contributed by atoms with van der Waals surface area (Å²) in [5.74, 6) is 1.39. The molecule has 3 heterocycles. The van der Waals surface area contributed by atoms with Crippen molar-refractivity contribution in [3.05, 3.63) is 54.2 Å². The third-order valence-corrected chi connectivity index (χ3v) is 5.14. The zero-order valence-electron chi connectivity index (χ0n) is 15.1. The van der Waals surface area contributed by atoms with Crippen LogP contribution in [0.15, 0.2) is 47.2 Å². The number of amides is 1. The normalized spacial score (nSPS) is 17.4. The van der Waals surface area contributed by atoms with Gasteiger partial charge in [-0.2, -0.15) is 0 Å². The smallest absolute Gasteiger partial charge is 0.225 e. The molecule has 5 nitrogen and oxygen atoms in total. The number of aromatic nitrogens is 1. The first-order valence-corrected chi connectivity index (χ1v) is 9.05. The molecule has 0 aromatic carbocycles. The Labute approximate surface area is 149 Å². The first-order chi connectivity index (χ1) is 12.1. The molecule has 3 rings (SSSR count). The van der Waals surface area contributed by atoms with E-state index in [2.05, 4.69) is 16.8 Å². The molecule has 25 heavy (non-hydrogen) atoms. The fourth-order valence-electron chi connectivity index (χ4n) is 3.42. The van der Waals surface area contributed by atoms with Crippen LogP contribution in [0.4, 0.5) is 0 Å². The summed E-state index contributed by atoms with van der Waals surface area (Å²) in [5.41, 5.74) is 1.03. The van der Waals surface area contributed by atoms with Crippen molar-refractivity contribution in [3.63, 3.8) is 0 Å². The van der Waals surface area contributed by atoms with Crippen molar-refractivity contribution in [1.82, 2.24) is 14.8 Å². The number of rotatable bonds is 6. The summed E-state index contributed by atoms with van der Waals surface area (Å²) in [7, 11) is 1.92. The van der Waals surface area contributed by atoms with E-state index in [1.54, 1.807) is 12.5 Å². The van der Waals surface area contributed by atoms with Crippen LogP contribution in [0.3, 0.4) is 0 Å². The Morgan fingerprint density at radius 3 is 2.76 bits per heavy atom. The summed E-state index contributed by atoms with van der Waals surface area (Å²) in [4.78, 5) is 21.5. The molecule has 2 aromatic rings. The number of carbonyl (C=O) groups excluding carboxylic acids is 1. The third-order valence-electron chi connectivity index (χ3n) is 5.14. The monoisotopic (exact) mass is 341 g/mol. The Morgan fingerprint density at radius 1 is 1.32 bits per heavy atom. The lowest BCUT2D eigenvalue weighted by molar-refractivity contribution is -0.137. The second-order valence-electron chi connectivity index (χ2n) is 6.95. The molecule has 134 valence electrons. The van der Waals surface area contributed by atoms with E-state index in [-0.39, 0.29) is 17.9 Å². The van der Waals surface area contributed by atoms with Crippen LogP contribution >= 0.6 is 0 Å². The van der Waals surface area contributed by atoms with Crippen LogP contribution in [0.1, 0.15) is 31.2 Å². The maximum Gasteiger partial charge on any atom is 0.225 e. The van der Waals surface area contributed by atoms with E-state index in [9.17, 15) is 4.79 Å². The molecule has 0 N–H and O–H groups in total. The van der Waals surface area contributed by atoms with Crippen LogP contribution in [0, 0.1) is 5.92 Å². The molecule has 0 aliphatic carbocycles. The number of pyridine rings is 1. The van der Waals surface area contributed by atoms with Crippen LogP contribution in [-0.4, -0.2) is 46.9 Å². The van der Waals surface area contributed by atoms with Gasteiger partial charge in [-0.05, 0) is 57.1 Å². The molecule has 0 unspecified atom stereocenters. The first kappa shape index (κ1) is 17.7. The Balaban J connectivity index is 1.48. The second-order valence-corrected chi connectivity index (χ2v) is 6.95. The Kier molecular flexibility index (Phi) is 5.87. The maximum atomic E-state index is 12.8. The highest BCUT2D eigenvalue weighted by Crippen LogP contribution is 2.22.